The maximum atomic E-state index is 9.31. The van der Waals surface area contributed by atoms with E-state index in [9.17, 15) is 5.26 Å². The van der Waals surface area contributed by atoms with Crippen LogP contribution in [0.5, 0.6) is 0 Å². The molecule has 0 amide bonds. The van der Waals surface area contributed by atoms with Gasteiger partial charge in [0.15, 0.2) is 0 Å². The van der Waals surface area contributed by atoms with Crippen molar-refractivity contribution < 1.29 is 4.42 Å². The molecule has 0 aliphatic heterocycles. The van der Waals surface area contributed by atoms with Crippen molar-refractivity contribution in [2.75, 3.05) is 0 Å². The van der Waals surface area contributed by atoms with Gasteiger partial charge in [-0.25, -0.2) is 0 Å². The summed E-state index contributed by atoms with van der Waals surface area (Å²) >= 11 is 0. The molecule has 0 aliphatic rings. The molecular formula is C29H17N3O. The molecule has 0 radical (unpaired) electrons. The van der Waals surface area contributed by atoms with Crippen molar-refractivity contribution in [3.05, 3.63) is 109 Å². The lowest BCUT2D eigenvalue weighted by atomic mass is 9.99. The van der Waals surface area contributed by atoms with Crippen LogP contribution in [0.3, 0.4) is 0 Å². The maximum Gasteiger partial charge on any atom is 0.143 e. The van der Waals surface area contributed by atoms with Crippen molar-refractivity contribution in [3.8, 4) is 39.6 Å². The Morgan fingerprint density at radius 3 is 2.06 bits per heavy atom. The molecular weight excluding hydrogens is 406 g/mol. The molecule has 3 heterocycles. The van der Waals surface area contributed by atoms with Gasteiger partial charge in [-0.1, -0.05) is 54.6 Å². The smallest absolute Gasteiger partial charge is 0.143 e. The number of nitriles is 1. The zero-order valence-corrected chi connectivity index (χ0v) is 17.6. The Bertz CT molecular complexity index is 1660. The molecule has 0 atom stereocenters. The second-order valence-electron chi connectivity index (χ2n) is 7.83. The molecule has 154 valence electrons. The minimum atomic E-state index is 0.626. The molecule has 4 heteroatoms. The van der Waals surface area contributed by atoms with Gasteiger partial charge < -0.3 is 4.42 Å². The average Bonchev–Trinajstić information content (AvgIpc) is 3.28. The first-order valence-corrected chi connectivity index (χ1v) is 10.6. The molecule has 0 aliphatic carbocycles. The number of hydrogen-bond acceptors (Lipinski definition) is 4. The summed E-state index contributed by atoms with van der Waals surface area (Å²) in [4.78, 5) is 8.84. The number of aromatic nitrogens is 2. The van der Waals surface area contributed by atoms with Crippen LogP contribution < -0.4 is 0 Å². The van der Waals surface area contributed by atoms with Crippen LogP contribution in [-0.2, 0) is 0 Å². The molecule has 0 fully saturated rings. The van der Waals surface area contributed by atoms with Gasteiger partial charge in [-0.3, -0.25) is 9.97 Å². The van der Waals surface area contributed by atoms with Crippen LogP contribution in [-0.4, -0.2) is 9.97 Å². The Morgan fingerprint density at radius 2 is 1.39 bits per heavy atom. The van der Waals surface area contributed by atoms with Crippen molar-refractivity contribution in [3.63, 3.8) is 0 Å². The third-order valence-electron chi connectivity index (χ3n) is 5.86. The van der Waals surface area contributed by atoms with Gasteiger partial charge in [0, 0.05) is 51.6 Å². The maximum absolute atomic E-state index is 9.31. The van der Waals surface area contributed by atoms with E-state index >= 15 is 0 Å². The molecule has 0 spiro atoms. The van der Waals surface area contributed by atoms with Crippen LogP contribution in [0.15, 0.2) is 108 Å². The SMILES string of the molecule is N#Cc1cccc(-c2cccc3c2oc2c(-c4ccc(-c5cccnc5)nc4)cccc23)c1. The van der Waals surface area contributed by atoms with Crippen LogP contribution >= 0.6 is 0 Å². The van der Waals surface area contributed by atoms with E-state index in [1.807, 2.05) is 73.1 Å². The number of hydrogen-bond donors (Lipinski definition) is 0. The lowest BCUT2D eigenvalue weighted by Gasteiger charge is -2.05. The van der Waals surface area contributed by atoms with Gasteiger partial charge in [-0.2, -0.15) is 5.26 Å². The summed E-state index contributed by atoms with van der Waals surface area (Å²) in [6, 6.07) is 30.1. The highest BCUT2D eigenvalue weighted by Gasteiger charge is 2.16. The van der Waals surface area contributed by atoms with Gasteiger partial charge in [-0.15, -0.1) is 0 Å². The van der Waals surface area contributed by atoms with Crippen LogP contribution in [0.4, 0.5) is 0 Å². The van der Waals surface area contributed by atoms with Gasteiger partial charge in [0.25, 0.3) is 0 Å². The number of benzene rings is 3. The van der Waals surface area contributed by atoms with Crippen molar-refractivity contribution >= 4 is 21.9 Å². The van der Waals surface area contributed by atoms with Crippen LogP contribution in [0.2, 0.25) is 0 Å². The molecule has 0 saturated heterocycles. The van der Waals surface area contributed by atoms with Gasteiger partial charge >= 0.3 is 0 Å². The Morgan fingerprint density at radius 1 is 0.667 bits per heavy atom. The number of para-hydroxylation sites is 2. The van der Waals surface area contributed by atoms with E-state index in [1.165, 1.54) is 0 Å². The molecule has 3 aromatic carbocycles. The largest absolute Gasteiger partial charge is 0.455 e. The zero-order valence-electron chi connectivity index (χ0n) is 17.6. The Hall–Kier alpha value is -4.75. The highest BCUT2D eigenvalue weighted by atomic mass is 16.3. The summed E-state index contributed by atoms with van der Waals surface area (Å²) in [6.45, 7) is 0. The first-order chi connectivity index (χ1) is 16.3. The topological polar surface area (TPSA) is 62.7 Å². The fourth-order valence-corrected chi connectivity index (χ4v) is 4.27. The quantitative estimate of drug-likeness (QED) is 0.301. The lowest BCUT2D eigenvalue weighted by molar-refractivity contribution is 0.671. The summed E-state index contributed by atoms with van der Waals surface area (Å²) < 4.78 is 6.49. The Kier molecular flexibility index (Phi) is 4.45. The molecule has 6 rings (SSSR count). The van der Waals surface area contributed by atoms with E-state index in [1.54, 1.807) is 6.20 Å². The molecule has 0 bridgehead atoms. The van der Waals surface area contributed by atoms with Gasteiger partial charge in [0.05, 0.1) is 17.3 Å². The van der Waals surface area contributed by atoms with Crippen LogP contribution in [0, 0.1) is 11.3 Å². The van der Waals surface area contributed by atoms with Gasteiger partial charge in [0.1, 0.15) is 11.2 Å². The van der Waals surface area contributed by atoms with Crippen molar-refractivity contribution in [2.24, 2.45) is 0 Å². The third kappa shape index (κ3) is 3.24. The van der Waals surface area contributed by atoms with E-state index in [0.717, 1.165) is 55.4 Å². The normalized spacial score (nSPS) is 11.0. The highest BCUT2D eigenvalue weighted by Crippen LogP contribution is 2.39. The number of rotatable bonds is 3. The average molecular weight is 423 g/mol. The third-order valence-corrected chi connectivity index (χ3v) is 5.86. The highest BCUT2D eigenvalue weighted by molar-refractivity contribution is 6.13. The first-order valence-electron chi connectivity index (χ1n) is 10.6. The summed E-state index contributed by atoms with van der Waals surface area (Å²) in [5, 5.41) is 11.4. The summed E-state index contributed by atoms with van der Waals surface area (Å²) in [7, 11) is 0. The monoisotopic (exact) mass is 423 g/mol. The van der Waals surface area contributed by atoms with Gasteiger partial charge in [-0.05, 0) is 35.9 Å². The van der Waals surface area contributed by atoms with E-state index in [-0.39, 0.29) is 0 Å². The van der Waals surface area contributed by atoms with Crippen molar-refractivity contribution in [2.45, 2.75) is 0 Å². The Balaban J connectivity index is 1.51. The summed E-state index contributed by atoms with van der Waals surface area (Å²) in [5.74, 6) is 0. The summed E-state index contributed by atoms with van der Waals surface area (Å²) in [5.41, 5.74) is 8.03. The fraction of sp³-hybridized carbons (Fsp3) is 0. The molecule has 3 aromatic heterocycles. The lowest BCUT2D eigenvalue weighted by Crippen LogP contribution is -1.86. The predicted octanol–water partition coefficient (Wildman–Crippen LogP) is 7.25. The molecule has 0 saturated carbocycles. The fourth-order valence-electron chi connectivity index (χ4n) is 4.27. The van der Waals surface area contributed by atoms with Crippen molar-refractivity contribution in [1.82, 2.24) is 9.97 Å². The molecule has 4 nitrogen and oxygen atoms in total. The predicted molar refractivity (Wildman–Crippen MR) is 130 cm³/mol. The second kappa shape index (κ2) is 7.74. The van der Waals surface area contributed by atoms with E-state index < -0.39 is 0 Å². The minimum Gasteiger partial charge on any atom is -0.455 e. The van der Waals surface area contributed by atoms with E-state index in [0.29, 0.717) is 5.56 Å². The molecule has 6 aromatic rings. The molecule has 33 heavy (non-hydrogen) atoms. The Labute approximate surface area is 190 Å². The van der Waals surface area contributed by atoms with Crippen LogP contribution in [0.25, 0.3) is 55.4 Å². The number of nitrogens with zero attached hydrogens (tertiary/aromatic N) is 3. The standard InChI is InChI=1S/C29H17N3O/c30-16-19-5-1-6-20(15-19)23-8-2-10-25-26-11-3-9-24(29(26)33-28(23)25)21-12-13-27(32-18-21)22-7-4-14-31-17-22/h1-15,17-18H. The van der Waals surface area contributed by atoms with Gasteiger partial charge in [0.2, 0.25) is 0 Å². The second-order valence-corrected chi connectivity index (χ2v) is 7.83. The minimum absolute atomic E-state index is 0.626. The zero-order chi connectivity index (χ0) is 22.2. The van der Waals surface area contributed by atoms with E-state index in [2.05, 4.69) is 40.3 Å². The van der Waals surface area contributed by atoms with Crippen molar-refractivity contribution in [1.29, 1.82) is 5.26 Å². The first kappa shape index (κ1) is 19.0. The molecule has 0 N–H and O–H groups in total. The van der Waals surface area contributed by atoms with Crippen LogP contribution in [0.1, 0.15) is 5.56 Å². The summed E-state index contributed by atoms with van der Waals surface area (Å²) in [6.07, 6.45) is 5.44. The number of furan rings is 1. The number of pyridine rings is 2. The van der Waals surface area contributed by atoms with E-state index in [4.69, 9.17) is 4.42 Å². The molecule has 0 unspecified atom stereocenters. The number of fused-ring (bicyclic) bond motifs is 3.